The molecule has 0 saturated heterocycles. The standard InChI is InChI=1S/C19H29NS/c1-4-20-19(16-10-9-13(2)14(3)11-16)18-12-15-7-5-6-8-17(15)21-18/h5-8,13-14,16,18-20H,4,9-12H2,1-3H3. The van der Waals surface area contributed by atoms with E-state index in [1.54, 1.807) is 5.56 Å². The van der Waals surface area contributed by atoms with Crippen LogP contribution in [0.3, 0.4) is 0 Å². The predicted octanol–water partition coefficient (Wildman–Crippen LogP) is 4.75. The Morgan fingerprint density at radius 3 is 2.71 bits per heavy atom. The van der Waals surface area contributed by atoms with Crippen LogP contribution in [0.1, 0.15) is 45.6 Å². The molecule has 1 aromatic rings. The Morgan fingerprint density at radius 2 is 2.00 bits per heavy atom. The van der Waals surface area contributed by atoms with Gasteiger partial charge in [-0.05, 0) is 55.2 Å². The number of hydrogen-bond donors (Lipinski definition) is 1. The zero-order valence-corrected chi connectivity index (χ0v) is 14.5. The summed E-state index contributed by atoms with van der Waals surface area (Å²) in [6, 6.07) is 9.67. The maximum Gasteiger partial charge on any atom is 0.0291 e. The van der Waals surface area contributed by atoms with Crippen molar-refractivity contribution in [3.63, 3.8) is 0 Å². The minimum absolute atomic E-state index is 0.683. The molecule has 21 heavy (non-hydrogen) atoms. The highest BCUT2D eigenvalue weighted by atomic mass is 32.2. The topological polar surface area (TPSA) is 12.0 Å². The first-order chi connectivity index (χ1) is 10.2. The molecule has 1 aromatic carbocycles. The molecule has 0 spiro atoms. The molecule has 0 radical (unpaired) electrons. The van der Waals surface area contributed by atoms with Crippen LogP contribution in [0.4, 0.5) is 0 Å². The van der Waals surface area contributed by atoms with Gasteiger partial charge in [0.2, 0.25) is 0 Å². The van der Waals surface area contributed by atoms with E-state index >= 15 is 0 Å². The highest BCUT2D eigenvalue weighted by molar-refractivity contribution is 8.00. The van der Waals surface area contributed by atoms with Crippen LogP contribution >= 0.6 is 11.8 Å². The smallest absolute Gasteiger partial charge is 0.0291 e. The fourth-order valence-electron chi connectivity index (χ4n) is 4.16. The highest BCUT2D eigenvalue weighted by Crippen LogP contribution is 2.43. The second-order valence-corrected chi connectivity index (χ2v) is 8.36. The summed E-state index contributed by atoms with van der Waals surface area (Å²) in [7, 11) is 0. The molecule has 0 amide bonds. The van der Waals surface area contributed by atoms with Crippen LogP contribution in [0, 0.1) is 17.8 Å². The number of nitrogens with one attached hydrogen (secondary N) is 1. The van der Waals surface area contributed by atoms with Crippen LogP contribution < -0.4 is 5.32 Å². The van der Waals surface area contributed by atoms with Gasteiger partial charge in [0.15, 0.2) is 0 Å². The van der Waals surface area contributed by atoms with Gasteiger partial charge >= 0.3 is 0 Å². The minimum Gasteiger partial charge on any atom is -0.313 e. The van der Waals surface area contributed by atoms with Crippen molar-refractivity contribution < 1.29 is 0 Å². The first kappa shape index (κ1) is 15.4. The van der Waals surface area contributed by atoms with Gasteiger partial charge in [0, 0.05) is 16.2 Å². The summed E-state index contributed by atoms with van der Waals surface area (Å²) in [5, 5.41) is 4.57. The molecule has 1 saturated carbocycles. The molecule has 1 heterocycles. The van der Waals surface area contributed by atoms with E-state index in [0.717, 1.165) is 29.5 Å². The summed E-state index contributed by atoms with van der Waals surface area (Å²) in [4.78, 5) is 1.52. The van der Waals surface area contributed by atoms with Crippen LogP contribution in [0.5, 0.6) is 0 Å². The molecule has 116 valence electrons. The molecule has 2 heteroatoms. The van der Waals surface area contributed by atoms with E-state index in [0.29, 0.717) is 6.04 Å². The van der Waals surface area contributed by atoms with Crippen LogP contribution in [0.15, 0.2) is 29.2 Å². The van der Waals surface area contributed by atoms with Gasteiger partial charge in [-0.3, -0.25) is 0 Å². The van der Waals surface area contributed by atoms with Crippen molar-refractivity contribution in [3.05, 3.63) is 29.8 Å². The number of fused-ring (bicyclic) bond motifs is 1. The lowest BCUT2D eigenvalue weighted by molar-refractivity contribution is 0.170. The largest absolute Gasteiger partial charge is 0.313 e. The van der Waals surface area contributed by atoms with Gasteiger partial charge in [0.1, 0.15) is 0 Å². The second kappa shape index (κ2) is 6.75. The third kappa shape index (κ3) is 3.32. The van der Waals surface area contributed by atoms with Crippen molar-refractivity contribution in [2.75, 3.05) is 6.54 Å². The normalized spacial score (nSPS) is 33.7. The van der Waals surface area contributed by atoms with E-state index in [-0.39, 0.29) is 0 Å². The molecular formula is C19H29NS. The summed E-state index contributed by atoms with van der Waals surface area (Å²) in [6.07, 6.45) is 5.49. The lowest BCUT2D eigenvalue weighted by Crippen LogP contribution is -2.46. The third-order valence-electron chi connectivity index (χ3n) is 5.66. The van der Waals surface area contributed by atoms with Gasteiger partial charge in [-0.1, -0.05) is 45.4 Å². The number of rotatable bonds is 4. The van der Waals surface area contributed by atoms with Crippen molar-refractivity contribution in [3.8, 4) is 0 Å². The Labute approximate surface area is 134 Å². The van der Waals surface area contributed by atoms with Crippen molar-refractivity contribution >= 4 is 11.8 Å². The highest BCUT2D eigenvalue weighted by Gasteiger charge is 2.37. The first-order valence-electron chi connectivity index (χ1n) is 8.67. The van der Waals surface area contributed by atoms with Crippen molar-refractivity contribution in [1.82, 2.24) is 5.32 Å². The summed E-state index contributed by atoms with van der Waals surface area (Å²) in [5.41, 5.74) is 1.56. The molecule has 1 fully saturated rings. The van der Waals surface area contributed by atoms with Gasteiger partial charge in [0.25, 0.3) is 0 Å². The SMILES string of the molecule is CCNC(C1CCC(C)C(C)C1)C1Cc2ccccc2S1. The molecule has 5 atom stereocenters. The molecule has 0 bridgehead atoms. The van der Waals surface area contributed by atoms with Crippen LogP contribution in [0.2, 0.25) is 0 Å². The average Bonchev–Trinajstić information content (AvgIpc) is 2.91. The third-order valence-corrected chi connectivity index (χ3v) is 7.07. The molecule has 1 N–H and O–H groups in total. The summed E-state index contributed by atoms with van der Waals surface area (Å²) in [6.45, 7) is 8.24. The molecular weight excluding hydrogens is 274 g/mol. The van der Waals surface area contributed by atoms with E-state index in [1.165, 1.54) is 30.6 Å². The first-order valence-corrected chi connectivity index (χ1v) is 9.55. The van der Waals surface area contributed by atoms with Crippen LogP contribution in [-0.4, -0.2) is 17.8 Å². The Hall–Kier alpha value is -0.470. The van der Waals surface area contributed by atoms with Crippen LogP contribution in [0.25, 0.3) is 0 Å². The van der Waals surface area contributed by atoms with E-state index in [1.807, 2.05) is 0 Å². The summed E-state index contributed by atoms with van der Waals surface area (Å²) in [5.74, 6) is 2.67. The number of benzene rings is 1. The quantitative estimate of drug-likeness (QED) is 0.861. The Balaban J connectivity index is 1.71. The van der Waals surface area contributed by atoms with Crippen molar-refractivity contribution in [2.45, 2.75) is 62.6 Å². The van der Waals surface area contributed by atoms with Crippen molar-refractivity contribution in [2.24, 2.45) is 17.8 Å². The summed E-state index contributed by atoms with van der Waals surface area (Å²) >= 11 is 2.12. The fraction of sp³-hybridized carbons (Fsp3) is 0.684. The zero-order chi connectivity index (χ0) is 14.8. The van der Waals surface area contributed by atoms with Gasteiger partial charge in [0.05, 0.1) is 0 Å². The predicted molar refractivity (Wildman–Crippen MR) is 92.9 cm³/mol. The van der Waals surface area contributed by atoms with Gasteiger partial charge in [-0.15, -0.1) is 11.8 Å². The molecule has 3 rings (SSSR count). The average molecular weight is 304 g/mol. The Bertz CT molecular complexity index is 447. The van der Waals surface area contributed by atoms with Gasteiger partial charge < -0.3 is 5.32 Å². The second-order valence-electron chi connectivity index (χ2n) is 7.08. The van der Waals surface area contributed by atoms with E-state index in [9.17, 15) is 0 Å². The zero-order valence-electron chi connectivity index (χ0n) is 13.6. The van der Waals surface area contributed by atoms with E-state index in [2.05, 4.69) is 62.1 Å². The molecule has 0 aromatic heterocycles. The molecule has 5 unspecified atom stereocenters. The molecule has 2 aliphatic rings. The Morgan fingerprint density at radius 1 is 1.19 bits per heavy atom. The molecule has 1 nitrogen and oxygen atoms in total. The van der Waals surface area contributed by atoms with E-state index < -0.39 is 0 Å². The Kier molecular flexibility index (Phi) is 4.96. The summed E-state index contributed by atoms with van der Waals surface area (Å²) < 4.78 is 0. The molecule has 1 aliphatic carbocycles. The maximum absolute atomic E-state index is 3.84. The monoisotopic (exact) mass is 303 g/mol. The van der Waals surface area contributed by atoms with Gasteiger partial charge in [-0.2, -0.15) is 0 Å². The van der Waals surface area contributed by atoms with Crippen LogP contribution in [-0.2, 0) is 6.42 Å². The lowest BCUT2D eigenvalue weighted by Gasteiger charge is -2.39. The fourth-order valence-corrected chi connectivity index (χ4v) is 5.68. The van der Waals surface area contributed by atoms with Crippen molar-refractivity contribution in [1.29, 1.82) is 0 Å². The van der Waals surface area contributed by atoms with Gasteiger partial charge in [-0.25, -0.2) is 0 Å². The molecule has 1 aliphatic heterocycles. The minimum atomic E-state index is 0.683. The van der Waals surface area contributed by atoms with E-state index in [4.69, 9.17) is 0 Å². The lowest BCUT2D eigenvalue weighted by atomic mass is 9.72. The number of thioether (sulfide) groups is 1. The number of hydrogen-bond acceptors (Lipinski definition) is 2. The maximum atomic E-state index is 3.84.